The lowest BCUT2D eigenvalue weighted by molar-refractivity contribution is -0.122. The van der Waals surface area contributed by atoms with E-state index in [0.29, 0.717) is 17.4 Å². The third kappa shape index (κ3) is 4.91. The molecule has 1 saturated heterocycles. The summed E-state index contributed by atoms with van der Waals surface area (Å²) in [6.45, 7) is 2.84. The van der Waals surface area contributed by atoms with E-state index >= 15 is 0 Å². The van der Waals surface area contributed by atoms with Crippen molar-refractivity contribution in [2.45, 2.75) is 31.9 Å². The van der Waals surface area contributed by atoms with Gasteiger partial charge in [-0.05, 0) is 38.0 Å². The van der Waals surface area contributed by atoms with Crippen molar-refractivity contribution in [3.05, 3.63) is 54.2 Å². The molecule has 2 unspecified atom stereocenters. The third-order valence-electron chi connectivity index (χ3n) is 5.59. The molecule has 0 bridgehead atoms. The maximum Gasteiger partial charge on any atom is 0.242 e. The Balaban J connectivity index is 1.34. The Bertz CT molecular complexity index is 1090. The molecule has 1 amide bonds. The van der Waals surface area contributed by atoms with Crippen molar-refractivity contribution in [1.29, 1.82) is 0 Å². The number of aliphatic hydroxyl groups is 1. The van der Waals surface area contributed by atoms with Gasteiger partial charge in [0.1, 0.15) is 30.3 Å². The third-order valence-corrected chi connectivity index (χ3v) is 5.59. The number of amides is 1. The Kier molecular flexibility index (Phi) is 6.70. The molecule has 1 aliphatic rings. The van der Waals surface area contributed by atoms with Crippen molar-refractivity contribution in [1.82, 2.24) is 15.3 Å². The Labute approximate surface area is 187 Å². The van der Waals surface area contributed by atoms with E-state index in [0.717, 1.165) is 36.0 Å². The highest BCUT2D eigenvalue weighted by Crippen LogP contribution is 2.26. The molecule has 4 rings (SSSR count). The second-order valence-corrected chi connectivity index (χ2v) is 7.87. The lowest BCUT2D eigenvalue weighted by atomic mass is 10.2. The Morgan fingerprint density at radius 1 is 1.22 bits per heavy atom. The summed E-state index contributed by atoms with van der Waals surface area (Å²) in [6.07, 6.45) is 0.769. The van der Waals surface area contributed by atoms with Crippen LogP contribution < -0.4 is 19.7 Å². The lowest BCUT2D eigenvalue weighted by Gasteiger charge is -2.25. The summed E-state index contributed by atoms with van der Waals surface area (Å²) in [6, 6.07) is 14.7. The highest BCUT2D eigenvalue weighted by molar-refractivity contribution is 5.86. The highest BCUT2D eigenvalue weighted by Gasteiger charge is 2.33. The van der Waals surface area contributed by atoms with Gasteiger partial charge in [-0.2, -0.15) is 0 Å². The molecular formula is C24H28N4O4. The molecule has 2 heterocycles. The molecular weight excluding hydrogens is 408 g/mol. The van der Waals surface area contributed by atoms with Gasteiger partial charge in [-0.15, -0.1) is 0 Å². The van der Waals surface area contributed by atoms with Gasteiger partial charge in [0, 0.05) is 24.5 Å². The summed E-state index contributed by atoms with van der Waals surface area (Å²) in [5, 5.41) is 14.1. The molecule has 2 N–H and O–H groups in total. The molecule has 2 aromatic carbocycles. The Hall–Kier alpha value is -3.39. The molecule has 0 radical (unpaired) electrons. The van der Waals surface area contributed by atoms with Crippen LogP contribution in [0.25, 0.3) is 10.9 Å². The lowest BCUT2D eigenvalue weighted by Crippen LogP contribution is -2.46. The number of aromatic nitrogens is 2. The molecule has 0 spiro atoms. The van der Waals surface area contributed by atoms with Crippen LogP contribution >= 0.6 is 0 Å². The van der Waals surface area contributed by atoms with E-state index in [1.165, 1.54) is 0 Å². The first-order valence-corrected chi connectivity index (χ1v) is 10.8. The first-order chi connectivity index (χ1) is 15.5. The number of para-hydroxylation sites is 1. The molecule has 1 aliphatic heterocycles. The van der Waals surface area contributed by atoms with Crippen LogP contribution in [0.2, 0.25) is 0 Å². The monoisotopic (exact) mass is 436 g/mol. The molecule has 1 aromatic heterocycles. The minimum atomic E-state index is -0.834. The van der Waals surface area contributed by atoms with Gasteiger partial charge in [0.2, 0.25) is 11.9 Å². The number of hydrogen-bond acceptors (Lipinski definition) is 7. The number of fused-ring (bicyclic) bond motifs is 1. The van der Waals surface area contributed by atoms with E-state index in [1.807, 2.05) is 48.2 Å². The minimum absolute atomic E-state index is 0.0643. The van der Waals surface area contributed by atoms with Crippen LogP contribution in [0.1, 0.15) is 18.5 Å². The fourth-order valence-electron chi connectivity index (χ4n) is 3.91. The summed E-state index contributed by atoms with van der Waals surface area (Å²) < 4.78 is 10.8. The van der Waals surface area contributed by atoms with E-state index in [2.05, 4.69) is 15.3 Å². The predicted molar refractivity (Wildman–Crippen MR) is 122 cm³/mol. The van der Waals surface area contributed by atoms with Gasteiger partial charge in [0.25, 0.3) is 0 Å². The predicted octanol–water partition coefficient (Wildman–Crippen LogP) is 2.47. The van der Waals surface area contributed by atoms with Crippen molar-refractivity contribution in [3.63, 3.8) is 0 Å². The van der Waals surface area contributed by atoms with Crippen LogP contribution in [-0.4, -0.2) is 59.9 Å². The minimum Gasteiger partial charge on any atom is -0.497 e. The fraction of sp³-hybridized carbons (Fsp3) is 0.375. The van der Waals surface area contributed by atoms with Gasteiger partial charge in [-0.1, -0.05) is 24.3 Å². The van der Waals surface area contributed by atoms with Crippen molar-refractivity contribution in [2.24, 2.45) is 0 Å². The molecule has 8 nitrogen and oxygen atoms in total. The summed E-state index contributed by atoms with van der Waals surface area (Å²) >= 11 is 0. The first kappa shape index (κ1) is 21.8. The normalized spacial score (nSPS) is 16.7. The van der Waals surface area contributed by atoms with Gasteiger partial charge in [-0.3, -0.25) is 4.79 Å². The number of methoxy groups -OCH3 is 1. The number of nitrogens with zero attached hydrogens (tertiary/aromatic N) is 3. The van der Waals surface area contributed by atoms with Gasteiger partial charge >= 0.3 is 0 Å². The topological polar surface area (TPSA) is 96.8 Å². The van der Waals surface area contributed by atoms with Crippen molar-refractivity contribution in [2.75, 3.05) is 31.7 Å². The van der Waals surface area contributed by atoms with Gasteiger partial charge in [-0.25, -0.2) is 9.97 Å². The molecule has 3 aromatic rings. The largest absolute Gasteiger partial charge is 0.497 e. The number of anilines is 1. The van der Waals surface area contributed by atoms with Crippen molar-refractivity contribution >= 4 is 22.8 Å². The number of rotatable bonds is 8. The zero-order chi connectivity index (χ0) is 22.5. The molecule has 0 aliphatic carbocycles. The molecule has 8 heteroatoms. The quantitative estimate of drug-likeness (QED) is 0.560. The number of hydrogen-bond donors (Lipinski definition) is 2. The average molecular weight is 437 g/mol. The number of nitrogens with one attached hydrogen (secondary N) is 1. The zero-order valence-electron chi connectivity index (χ0n) is 18.3. The smallest absolute Gasteiger partial charge is 0.242 e. The van der Waals surface area contributed by atoms with Crippen LogP contribution in [0.3, 0.4) is 0 Å². The van der Waals surface area contributed by atoms with Crippen LogP contribution in [0, 0.1) is 6.92 Å². The number of aryl methyl sites for hydroxylation is 1. The molecule has 1 fully saturated rings. The zero-order valence-corrected chi connectivity index (χ0v) is 18.3. The van der Waals surface area contributed by atoms with Crippen molar-refractivity contribution < 1.29 is 19.4 Å². The van der Waals surface area contributed by atoms with Gasteiger partial charge in [0.05, 0.1) is 18.3 Å². The number of ether oxygens (including phenoxy) is 2. The average Bonchev–Trinajstić information content (AvgIpc) is 3.31. The summed E-state index contributed by atoms with van der Waals surface area (Å²) in [5.74, 6) is 1.70. The van der Waals surface area contributed by atoms with E-state index < -0.39 is 6.10 Å². The summed E-state index contributed by atoms with van der Waals surface area (Å²) in [5.41, 5.74) is 1.76. The molecule has 168 valence electrons. The Morgan fingerprint density at radius 3 is 2.88 bits per heavy atom. The van der Waals surface area contributed by atoms with E-state index in [1.54, 1.807) is 19.2 Å². The van der Waals surface area contributed by atoms with Gasteiger partial charge in [0.15, 0.2) is 0 Å². The van der Waals surface area contributed by atoms with E-state index in [4.69, 9.17) is 9.47 Å². The second kappa shape index (κ2) is 9.82. The highest BCUT2D eigenvalue weighted by atomic mass is 16.5. The van der Waals surface area contributed by atoms with Crippen LogP contribution in [0.5, 0.6) is 11.5 Å². The first-order valence-electron chi connectivity index (χ1n) is 10.8. The maximum atomic E-state index is 12.9. The summed E-state index contributed by atoms with van der Waals surface area (Å²) in [4.78, 5) is 24.1. The fourth-order valence-corrected chi connectivity index (χ4v) is 3.91. The van der Waals surface area contributed by atoms with Crippen LogP contribution in [0.15, 0.2) is 48.5 Å². The van der Waals surface area contributed by atoms with Crippen LogP contribution in [0.4, 0.5) is 5.95 Å². The number of benzene rings is 2. The molecule has 2 atom stereocenters. The van der Waals surface area contributed by atoms with E-state index in [9.17, 15) is 9.90 Å². The second-order valence-electron chi connectivity index (χ2n) is 7.87. The van der Waals surface area contributed by atoms with Gasteiger partial charge < -0.3 is 24.8 Å². The van der Waals surface area contributed by atoms with Crippen LogP contribution in [-0.2, 0) is 4.79 Å². The molecule has 0 saturated carbocycles. The maximum absolute atomic E-state index is 12.9. The molecule has 32 heavy (non-hydrogen) atoms. The van der Waals surface area contributed by atoms with E-state index in [-0.39, 0.29) is 25.1 Å². The van der Waals surface area contributed by atoms with Crippen molar-refractivity contribution in [3.8, 4) is 11.5 Å². The number of carbonyl (C=O) groups excluding carboxylic acids is 1. The SMILES string of the molecule is COc1cccc(OCC(O)CNC(=O)C2CCCN2c2nc(C)c3ccccc3n2)c1. The Morgan fingerprint density at radius 2 is 2.03 bits per heavy atom. The standard InChI is InChI=1S/C24H28N4O4/c1-16-20-9-3-4-10-21(20)27-24(26-16)28-12-6-11-22(28)23(30)25-14-17(29)15-32-19-8-5-7-18(13-19)31-2/h3-5,7-10,13,17,22,29H,6,11-12,14-15H2,1-2H3,(H,25,30). The number of carbonyl (C=O) groups is 1. The number of aliphatic hydroxyl groups excluding tert-OH is 1. The summed E-state index contributed by atoms with van der Waals surface area (Å²) in [7, 11) is 1.58.